The van der Waals surface area contributed by atoms with Gasteiger partial charge in [0.25, 0.3) is 0 Å². The Balaban J connectivity index is 3.13. The molecule has 0 fully saturated rings. The smallest absolute Gasteiger partial charge is 0.416 e. The number of hydrogen-bond donors (Lipinski definition) is 2. The number of carboxylic acid groups (broad SMARTS) is 2. The Morgan fingerprint density at radius 3 is 2.38 bits per heavy atom. The van der Waals surface area contributed by atoms with E-state index in [0.717, 1.165) is 23.1 Å². The maximum atomic E-state index is 12.7. The maximum Gasteiger partial charge on any atom is 0.416 e. The molecule has 0 saturated heterocycles. The van der Waals surface area contributed by atoms with Gasteiger partial charge in [-0.2, -0.15) is 13.2 Å². The van der Waals surface area contributed by atoms with Crippen LogP contribution in [0.25, 0.3) is 0 Å². The molecule has 0 aliphatic rings. The van der Waals surface area contributed by atoms with Crippen LogP contribution in [0.2, 0.25) is 0 Å². The van der Waals surface area contributed by atoms with E-state index in [2.05, 4.69) is 0 Å². The summed E-state index contributed by atoms with van der Waals surface area (Å²) in [7, 11) is 0. The third kappa shape index (κ3) is 4.66. The minimum atomic E-state index is -4.55. The molecule has 0 bridgehead atoms. The summed E-state index contributed by atoms with van der Waals surface area (Å²) < 4.78 is 38.0. The van der Waals surface area contributed by atoms with Crippen molar-refractivity contribution in [3.63, 3.8) is 0 Å². The second-order valence-corrected chi connectivity index (χ2v) is 4.40. The number of alkyl halides is 3. The van der Waals surface area contributed by atoms with E-state index in [9.17, 15) is 22.8 Å². The zero-order chi connectivity index (χ0) is 16.2. The quantitative estimate of drug-likeness (QED) is 0.844. The average Bonchev–Trinajstić information content (AvgIpc) is 2.37. The Morgan fingerprint density at radius 2 is 1.90 bits per heavy atom. The largest absolute Gasteiger partial charge is 0.481 e. The fourth-order valence-corrected chi connectivity index (χ4v) is 1.76. The summed E-state index contributed by atoms with van der Waals surface area (Å²) in [6, 6.07) is 3.00. The van der Waals surface area contributed by atoms with Crippen LogP contribution in [0.1, 0.15) is 18.9 Å². The molecule has 8 heteroatoms. The van der Waals surface area contributed by atoms with Crippen molar-refractivity contribution in [1.29, 1.82) is 0 Å². The Morgan fingerprint density at radius 1 is 1.29 bits per heavy atom. The van der Waals surface area contributed by atoms with Crippen LogP contribution in [-0.2, 0) is 15.8 Å². The number of nitrogens with zero attached hydrogens (tertiary/aromatic N) is 1. The number of anilines is 1. The maximum absolute atomic E-state index is 12.7. The highest BCUT2D eigenvalue weighted by Crippen LogP contribution is 2.32. The standard InChI is InChI=1S/C13H14F3NO4/c1-8(12(20)21)17(6-5-11(18)19)10-4-2-3-9(7-10)13(14,15)16/h2-4,7-8H,5-6H2,1H3,(H,18,19)(H,20,21). The zero-order valence-corrected chi connectivity index (χ0v) is 11.1. The summed E-state index contributed by atoms with van der Waals surface area (Å²) in [4.78, 5) is 22.7. The SMILES string of the molecule is CC(C(=O)O)N(CCC(=O)O)c1cccc(C(F)(F)F)c1. The first kappa shape index (κ1) is 16.8. The summed E-state index contributed by atoms with van der Waals surface area (Å²) in [5, 5.41) is 17.7. The number of carbonyl (C=O) groups is 2. The zero-order valence-electron chi connectivity index (χ0n) is 11.1. The van der Waals surface area contributed by atoms with E-state index in [0.29, 0.717) is 0 Å². The molecular formula is C13H14F3NO4. The molecule has 5 nitrogen and oxygen atoms in total. The first-order valence-electron chi connectivity index (χ1n) is 6.01. The Labute approximate surface area is 118 Å². The minimum absolute atomic E-state index is 0.0148. The number of aliphatic carboxylic acids is 2. The Kier molecular flexibility index (Phi) is 5.17. The molecule has 1 rings (SSSR count). The van der Waals surface area contributed by atoms with Crippen molar-refractivity contribution < 1.29 is 33.0 Å². The van der Waals surface area contributed by atoms with E-state index >= 15 is 0 Å². The second-order valence-electron chi connectivity index (χ2n) is 4.40. The molecule has 116 valence electrons. The van der Waals surface area contributed by atoms with Gasteiger partial charge in [0.1, 0.15) is 6.04 Å². The van der Waals surface area contributed by atoms with Crippen LogP contribution in [-0.4, -0.2) is 34.7 Å². The van der Waals surface area contributed by atoms with Gasteiger partial charge in [-0.15, -0.1) is 0 Å². The summed E-state index contributed by atoms with van der Waals surface area (Å²) in [5.74, 6) is -2.41. The van der Waals surface area contributed by atoms with Crippen LogP contribution >= 0.6 is 0 Å². The van der Waals surface area contributed by atoms with Crippen LogP contribution in [0.15, 0.2) is 24.3 Å². The lowest BCUT2D eigenvalue weighted by atomic mass is 10.1. The summed E-state index contributed by atoms with van der Waals surface area (Å²) >= 11 is 0. The highest BCUT2D eigenvalue weighted by molar-refractivity contribution is 5.78. The van der Waals surface area contributed by atoms with Crippen molar-refractivity contribution in [3.05, 3.63) is 29.8 Å². The lowest BCUT2D eigenvalue weighted by Crippen LogP contribution is -2.40. The lowest BCUT2D eigenvalue weighted by Gasteiger charge is -2.28. The van der Waals surface area contributed by atoms with Gasteiger partial charge < -0.3 is 15.1 Å². The molecular weight excluding hydrogens is 291 g/mol. The van der Waals surface area contributed by atoms with Gasteiger partial charge in [0.2, 0.25) is 0 Å². The predicted molar refractivity (Wildman–Crippen MR) is 68.1 cm³/mol. The summed E-state index contributed by atoms with van der Waals surface area (Å²) in [6.07, 6.45) is -4.94. The average molecular weight is 305 g/mol. The van der Waals surface area contributed by atoms with Crippen molar-refractivity contribution in [2.24, 2.45) is 0 Å². The molecule has 21 heavy (non-hydrogen) atoms. The summed E-state index contributed by atoms with van der Waals surface area (Å²) in [6.45, 7) is 1.08. The van der Waals surface area contributed by atoms with Gasteiger partial charge in [-0.3, -0.25) is 4.79 Å². The Hall–Kier alpha value is -2.25. The Bertz CT molecular complexity index is 530. The van der Waals surface area contributed by atoms with Gasteiger partial charge >= 0.3 is 18.1 Å². The van der Waals surface area contributed by atoms with Crippen LogP contribution in [0, 0.1) is 0 Å². The number of rotatable bonds is 6. The van der Waals surface area contributed by atoms with Crippen molar-refractivity contribution in [1.82, 2.24) is 0 Å². The molecule has 1 atom stereocenters. The van der Waals surface area contributed by atoms with Crippen molar-refractivity contribution >= 4 is 17.6 Å². The van der Waals surface area contributed by atoms with Crippen LogP contribution in [0.3, 0.4) is 0 Å². The van der Waals surface area contributed by atoms with Gasteiger partial charge in [0, 0.05) is 12.2 Å². The number of halogens is 3. The molecule has 1 aromatic rings. The van der Waals surface area contributed by atoms with Gasteiger partial charge in [0.05, 0.1) is 12.0 Å². The molecule has 0 heterocycles. The molecule has 2 N–H and O–H groups in total. The molecule has 0 aliphatic heterocycles. The normalized spacial score (nSPS) is 12.8. The van der Waals surface area contributed by atoms with Crippen molar-refractivity contribution in [2.45, 2.75) is 25.6 Å². The van der Waals surface area contributed by atoms with Crippen LogP contribution in [0.5, 0.6) is 0 Å². The van der Waals surface area contributed by atoms with E-state index in [1.807, 2.05) is 0 Å². The predicted octanol–water partition coefficient (Wildman–Crippen LogP) is 2.46. The number of carboxylic acids is 2. The minimum Gasteiger partial charge on any atom is -0.481 e. The molecule has 0 aliphatic carbocycles. The van der Waals surface area contributed by atoms with Crippen molar-refractivity contribution in [3.8, 4) is 0 Å². The topological polar surface area (TPSA) is 77.8 Å². The van der Waals surface area contributed by atoms with E-state index in [4.69, 9.17) is 10.2 Å². The van der Waals surface area contributed by atoms with E-state index in [-0.39, 0.29) is 18.7 Å². The van der Waals surface area contributed by atoms with E-state index < -0.39 is 29.7 Å². The fraction of sp³-hybridized carbons (Fsp3) is 0.385. The molecule has 0 spiro atoms. The highest BCUT2D eigenvalue weighted by Gasteiger charge is 2.31. The third-order valence-corrected chi connectivity index (χ3v) is 2.90. The number of benzene rings is 1. The fourth-order valence-electron chi connectivity index (χ4n) is 1.76. The second kappa shape index (κ2) is 6.47. The molecule has 1 unspecified atom stereocenters. The van der Waals surface area contributed by atoms with Gasteiger partial charge in [-0.05, 0) is 25.1 Å². The molecule has 0 aromatic heterocycles. The molecule has 0 amide bonds. The van der Waals surface area contributed by atoms with Gasteiger partial charge in [0.15, 0.2) is 0 Å². The first-order valence-corrected chi connectivity index (χ1v) is 6.01. The lowest BCUT2D eigenvalue weighted by molar-refractivity contribution is -0.139. The molecule has 1 aromatic carbocycles. The third-order valence-electron chi connectivity index (χ3n) is 2.90. The molecule has 0 radical (unpaired) electrons. The number of hydrogen-bond acceptors (Lipinski definition) is 3. The van der Waals surface area contributed by atoms with Crippen LogP contribution in [0.4, 0.5) is 18.9 Å². The van der Waals surface area contributed by atoms with Crippen molar-refractivity contribution in [2.75, 3.05) is 11.4 Å². The summed E-state index contributed by atoms with van der Waals surface area (Å²) in [5.41, 5.74) is -0.904. The van der Waals surface area contributed by atoms with Crippen LogP contribution < -0.4 is 4.90 Å². The van der Waals surface area contributed by atoms with Gasteiger partial charge in [-0.25, -0.2) is 4.79 Å². The van der Waals surface area contributed by atoms with E-state index in [1.165, 1.54) is 13.0 Å². The highest BCUT2D eigenvalue weighted by atomic mass is 19.4. The monoisotopic (exact) mass is 305 g/mol. The molecule has 0 saturated carbocycles. The van der Waals surface area contributed by atoms with E-state index in [1.54, 1.807) is 0 Å². The first-order chi connectivity index (χ1) is 9.62. The van der Waals surface area contributed by atoms with Gasteiger partial charge in [-0.1, -0.05) is 6.07 Å².